The van der Waals surface area contributed by atoms with Crippen LogP contribution in [-0.2, 0) is 4.79 Å². The van der Waals surface area contributed by atoms with E-state index in [0.29, 0.717) is 11.5 Å². The quantitative estimate of drug-likeness (QED) is 0.286. The van der Waals surface area contributed by atoms with E-state index in [9.17, 15) is 9.18 Å². The molecular weight excluding hydrogens is 419 g/mol. The smallest absolute Gasteiger partial charge is 0.178 e. The van der Waals surface area contributed by atoms with Crippen molar-refractivity contribution in [3.05, 3.63) is 101 Å². The molecule has 3 aromatic rings. The van der Waals surface area contributed by atoms with Gasteiger partial charge in [0.25, 0.3) is 0 Å². The minimum Gasteiger partial charge on any atom is -0.497 e. The van der Waals surface area contributed by atoms with Gasteiger partial charge in [0.1, 0.15) is 23.1 Å². The molecule has 0 spiro atoms. The second-order valence-corrected chi connectivity index (χ2v) is 7.06. The largest absolute Gasteiger partial charge is 0.497 e. The first-order valence-electron chi connectivity index (χ1n) is 10.3. The predicted molar refractivity (Wildman–Crippen MR) is 131 cm³/mol. The number of hydrogen-bond donors (Lipinski definition) is 0. The molecule has 0 radical (unpaired) electrons. The Morgan fingerprint density at radius 1 is 0.697 bits per heavy atom. The van der Waals surface area contributed by atoms with Crippen molar-refractivity contribution in [2.24, 2.45) is 0 Å². The summed E-state index contributed by atoms with van der Waals surface area (Å²) in [5, 5.41) is 0. The van der Waals surface area contributed by atoms with Crippen LogP contribution >= 0.6 is 0 Å². The molecule has 3 aromatic carbocycles. The number of methoxy groups -OCH3 is 3. The maximum atomic E-state index is 13.0. The zero-order valence-electron chi connectivity index (χ0n) is 18.7. The number of ether oxygens (including phenoxy) is 3. The second kappa shape index (κ2) is 11.5. The van der Waals surface area contributed by atoms with E-state index in [-0.39, 0.29) is 11.6 Å². The maximum absolute atomic E-state index is 13.0. The highest BCUT2D eigenvalue weighted by Crippen LogP contribution is 2.31. The van der Waals surface area contributed by atoms with Crippen LogP contribution in [-0.4, -0.2) is 27.1 Å². The lowest BCUT2D eigenvalue weighted by atomic mass is 10.0. The van der Waals surface area contributed by atoms with Gasteiger partial charge in [-0.3, -0.25) is 4.79 Å². The van der Waals surface area contributed by atoms with Gasteiger partial charge in [-0.1, -0.05) is 42.5 Å². The number of halogens is 1. The lowest BCUT2D eigenvalue weighted by Gasteiger charge is -2.11. The van der Waals surface area contributed by atoms with Gasteiger partial charge in [-0.2, -0.15) is 0 Å². The van der Waals surface area contributed by atoms with E-state index in [0.717, 1.165) is 28.0 Å². The molecule has 33 heavy (non-hydrogen) atoms. The molecule has 0 N–H and O–H groups in total. The van der Waals surface area contributed by atoms with Gasteiger partial charge >= 0.3 is 0 Å². The van der Waals surface area contributed by atoms with Gasteiger partial charge in [-0.05, 0) is 65.3 Å². The highest BCUT2D eigenvalue weighted by molar-refractivity contribution is 6.05. The molecule has 0 saturated heterocycles. The molecule has 0 atom stereocenters. The van der Waals surface area contributed by atoms with Crippen molar-refractivity contribution in [3.63, 3.8) is 0 Å². The summed E-state index contributed by atoms with van der Waals surface area (Å²) in [7, 11) is 4.78. The van der Waals surface area contributed by atoms with Crippen molar-refractivity contribution in [3.8, 4) is 17.2 Å². The first kappa shape index (κ1) is 23.5. The number of rotatable bonds is 9. The SMILES string of the molecule is COc1ccc(/C=C/c2cc(OC)cc(OC)c2/C=C/C(=O)/C=C/c2ccc(F)cc2)cc1. The van der Waals surface area contributed by atoms with E-state index in [1.807, 2.05) is 42.5 Å². The van der Waals surface area contributed by atoms with Crippen LogP contribution in [0.2, 0.25) is 0 Å². The van der Waals surface area contributed by atoms with E-state index >= 15 is 0 Å². The molecule has 0 bridgehead atoms. The average Bonchev–Trinajstić information content (AvgIpc) is 2.85. The van der Waals surface area contributed by atoms with Crippen molar-refractivity contribution >= 4 is 30.1 Å². The molecule has 0 amide bonds. The fraction of sp³-hybridized carbons (Fsp3) is 0.107. The fourth-order valence-electron chi connectivity index (χ4n) is 3.10. The highest BCUT2D eigenvalue weighted by atomic mass is 19.1. The first-order valence-corrected chi connectivity index (χ1v) is 10.3. The molecule has 0 aliphatic carbocycles. The van der Waals surface area contributed by atoms with Gasteiger partial charge in [0.15, 0.2) is 5.78 Å². The van der Waals surface area contributed by atoms with Crippen molar-refractivity contribution in [2.75, 3.05) is 21.3 Å². The monoisotopic (exact) mass is 444 g/mol. The van der Waals surface area contributed by atoms with Gasteiger partial charge in [-0.25, -0.2) is 4.39 Å². The number of carbonyl (C=O) groups is 1. The van der Waals surface area contributed by atoms with E-state index < -0.39 is 0 Å². The second-order valence-electron chi connectivity index (χ2n) is 7.06. The molecule has 0 aliphatic heterocycles. The van der Waals surface area contributed by atoms with E-state index in [1.165, 1.54) is 24.3 Å². The lowest BCUT2D eigenvalue weighted by Crippen LogP contribution is -1.94. The highest BCUT2D eigenvalue weighted by Gasteiger charge is 2.09. The summed E-state index contributed by atoms with van der Waals surface area (Å²) in [5.74, 6) is 1.48. The molecule has 0 saturated carbocycles. The van der Waals surface area contributed by atoms with Gasteiger partial charge in [0, 0.05) is 11.6 Å². The van der Waals surface area contributed by atoms with Crippen LogP contribution in [0.3, 0.4) is 0 Å². The van der Waals surface area contributed by atoms with Crippen molar-refractivity contribution in [2.45, 2.75) is 0 Å². The normalized spacial score (nSPS) is 11.4. The van der Waals surface area contributed by atoms with Crippen LogP contribution in [0.25, 0.3) is 24.3 Å². The summed E-state index contributed by atoms with van der Waals surface area (Å²) in [5.41, 5.74) is 3.30. The topological polar surface area (TPSA) is 44.8 Å². The zero-order valence-corrected chi connectivity index (χ0v) is 18.7. The van der Waals surface area contributed by atoms with E-state index in [4.69, 9.17) is 14.2 Å². The number of carbonyl (C=O) groups excluding carboxylic acids is 1. The van der Waals surface area contributed by atoms with Gasteiger partial charge in [0.2, 0.25) is 0 Å². The molecule has 4 nitrogen and oxygen atoms in total. The minimum absolute atomic E-state index is 0.206. The molecular formula is C28H25FO4. The van der Waals surface area contributed by atoms with E-state index in [1.54, 1.807) is 51.7 Å². The summed E-state index contributed by atoms with van der Waals surface area (Å²) in [6.07, 6.45) is 10.2. The number of allylic oxidation sites excluding steroid dienone is 2. The van der Waals surface area contributed by atoms with Crippen LogP contribution < -0.4 is 14.2 Å². The average molecular weight is 445 g/mol. The molecule has 0 aromatic heterocycles. The third-order valence-electron chi connectivity index (χ3n) is 4.90. The van der Waals surface area contributed by atoms with Crippen LogP contribution in [0.1, 0.15) is 22.3 Å². The molecule has 0 unspecified atom stereocenters. The third-order valence-corrected chi connectivity index (χ3v) is 4.90. The predicted octanol–water partition coefficient (Wildman–Crippen LogP) is 6.32. The molecule has 168 valence electrons. The lowest BCUT2D eigenvalue weighted by molar-refractivity contribution is -0.110. The molecule has 0 heterocycles. The third kappa shape index (κ3) is 6.68. The first-order chi connectivity index (χ1) is 16.0. The summed E-state index contributed by atoms with van der Waals surface area (Å²) in [6.45, 7) is 0. The summed E-state index contributed by atoms with van der Waals surface area (Å²) in [6, 6.07) is 17.2. The summed E-state index contributed by atoms with van der Waals surface area (Å²) in [4.78, 5) is 12.4. The molecule has 5 heteroatoms. The molecule has 0 aliphatic rings. The fourth-order valence-corrected chi connectivity index (χ4v) is 3.10. The minimum atomic E-state index is -0.319. The van der Waals surface area contributed by atoms with Crippen LogP contribution in [0.15, 0.2) is 72.8 Å². The Bertz CT molecular complexity index is 1170. The standard InChI is InChI=1S/C28H25FO4/c1-31-25-15-8-20(9-16-25)4-10-22-18-26(32-2)19-28(33-3)27(22)17-14-24(30)13-7-21-5-11-23(29)12-6-21/h4-19H,1-3H3/b10-4+,13-7+,17-14+. The van der Waals surface area contributed by atoms with Crippen molar-refractivity contribution in [1.82, 2.24) is 0 Å². The van der Waals surface area contributed by atoms with E-state index in [2.05, 4.69) is 0 Å². The Morgan fingerprint density at radius 3 is 1.94 bits per heavy atom. The molecule has 0 fully saturated rings. The Morgan fingerprint density at radius 2 is 1.30 bits per heavy atom. The van der Waals surface area contributed by atoms with Crippen LogP contribution in [0, 0.1) is 5.82 Å². The molecule has 3 rings (SSSR count). The van der Waals surface area contributed by atoms with Crippen LogP contribution in [0.4, 0.5) is 4.39 Å². The van der Waals surface area contributed by atoms with Gasteiger partial charge < -0.3 is 14.2 Å². The summed E-state index contributed by atoms with van der Waals surface area (Å²) >= 11 is 0. The van der Waals surface area contributed by atoms with Crippen molar-refractivity contribution < 1.29 is 23.4 Å². The summed E-state index contributed by atoms with van der Waals surface area (Å²) < 4.78 is 29.2. The maximum Gasteiger partial charge on any atom is 0.178 e. The van der Waals surface area contributed by atoms with Crippen molar-refractivity contribution in [1.29, 1.82) is 0 Å². The number of ketones is 1. The number of benzene rings is 3. The Balaban J connectivity index is 1.87. The van der Waals surface area contributed by atoms with Crippen LogP contribution in [0.5, 0.6) is 17.2 Å². The van der Waals surface area contributed by atoms with Gasteiger partial charge in [-0.15, -0.1) is 0 Å². The zero-order chi connectivity index (χ0) is 23.6. The van der Waals surface area contributed by atoms with Gasteiger partial charge in [0.05, 0.1) is 21.3 Å². The number of hydrogen-bond acceptors (Lipinski definition) is 4. The Kier molecular flexibility index (Phi) is 8.19. The Hall–Kier alpha value is -4.12. The Labute approximate surface area is 193 Å².